The van der Waals surface area contributed by atoms with Crippen molar-refractivity contribution >= 4 is 17.7 Å². The molecule has 5 heteroatoms. The van der Waals surface area contributed by atoms with E-state index in [1.807, 2.05) is 6.92 Å². The molecule has 0 aromatic carbocycles. The third kappa shape index (κ3) is 3.37. The third-order valence-electron chi connectivity index (χ3n) is 1.04. The number of hydrogen-bond donors (Lipinski definition) is 1. The van der Waals surface area contributed by atoms with Gasteiger partial charge in [0, 0.05) is 4.91 Å². The van der Waals surface area contributed by atoms with E-state index in [1.165, 1.54) is 0 Å². The molecular formula is C5H9N3OS. The van der Waals surface area contributed by atoms with Gasteiger partial charge in [-0.25, -0.2) is 0 Å². The maximum Gasteiger partial charge on any atom is 0.194 e. The smallest absolute Gasteiger partial charge is 0.194 e. The summed E-state index contributed by atoms with van der Waals surface area (Å²) in [5.41, 5.74) is 7.98. The Labute approximate surface area is 64.6 Å². The van der Waals surface area contributed by atoms with Gasteiger partial charge in [0.05, 0.1) is 0 Å². The highest BCUT2D eigenvalue weighted by Gasteiger charge is 2.10. The van der Waals surface area contributed by atoms with E-state index < -0.39 is 6.04 Å². The standard InChI is InChI=1S/C5H9N3OS/c1-2-3-4(5(9)10)7-8-6/h4H,2-3H2,1H3,(H,9,10). The van der Waals surface area contributed by atoms with Crippen LogP contribution in [0.4, 0.5) is 0 Å². The highest BCUT2D eigenvalue weighted by molar-refractivity contribution is 7.96. The molecule has 4 nitrogen and oxygen atoms in total. The third-order valence-corrected chi connectivity index (χ3v) is 1.34. The summed E-state index contributed by atoms with van der Waals surface area (Å²) in [5.74, 6) is 0. The summed E-state index contributed by atoms with van der Waals surface area (Å²) in [6, 6.07) is -0.585. The molecule has 0 N–H and O–H groups in total. The summed E-state index contributed by atoms with van der Waals surface area (Å²) in [5, 5.41) is 2.91. The molecule has 0 saturated carbocycles. The molecule has 10 heavy (non-hydrogen) atoms. The zero-order chi connectivity index (χ0) is 7.98. The van der Waals surface area contributed by atoms with Gasteiger partial charge in [-0.3, -0.25) is 4.79 Å². The number of azide groups is 1. The minimum atomic E-state index is -0.585. The van der Waals surface area contributed by atoms with Crippen molar-refractivity contribution in [1.82, 2.24) is 0 Å². The zero-order valence-electron chi connectivity index (χ0n) is 5.69. The summed E-state index contributed by atoms with van der Waals surface area (Å²) in [6.45, 7) is 1.91. The number of carbonyl (C=O) groups is 1. The maximum atomic E-state index is 10.5. The van der Waals surface area contributed by atoms with Crippen molar-refractivity contribution in [3.05, 3.63) is 10.4 Å². The van der Waals surface area contributed by atoms with Crippen LogP contribution in [0.1, 0.15) is 19.8 Å². The first-order valence-electron chi connectivity index (χ1n) is 2.99. The number of hydrogen-bond acceptors (Lipinski definition) is 2. The van der Waals surface area contributed by atoms with Gasteiger partial charge in [-0.1, -0.05) is 18.5 Å². The number of carbonyl (C=O) groups excluding carboxylic acids is 1. The lowest BCUT2D eigenvalue weighted by Gasteiger charge is -2.01. The highest BCUT2D eigenvalue weighted by atomic mass is 32.1. The van der Waals surface area contributed by atoms with Crippen molar-refractivity contribution in [3.63, 3.8) is 0 Å². The second kappa shape index (κ2) is 5.14. The Balaban J connectivity index is 3.97. The number of thiol groups is 1. The van der Waals surface area contributed by atoms with E-state index in [2.05, 4.69) is 22.7 Å². The van der Waals surface area contributed by atoms with Crippen molar-refractivity contribution in [2.45, 2.75) is 25.8 Å². The fourth-order valence-corrected chi connectivity index (χ4v) is 0.747. The topological polar surface area (TPSA) is 65.8 Å². The molecule has 0 bridgehead atoms. The molecule has 0 saturated heterocycles. The van der Waals surface area contributed by atoms with Crippen LogP contribution >= 0.6 is 12.6 Å². The zero-order valence-corrected chi connectivity index (χ0v) is 6.58. The van der Waals surface area contributed by atoms with Crippen molar-refractivity contribution in [1.29, 1.82) is 0 Å². The van der Waals surface area contributed by atoms with E-state index in [9.17, 15) is 4.79 Å². The van der Waals surface area contributed by atoms with E-state index >= 15 is 0 Å². The molecule has 0 amide bonds. The molecule has 0 aromatic heterocycles. The van der Waals surface area contributed by atoms with E-state index in [1.54, 1.807) is 0 Å². The van der Waals surface area contributed by atoms with Crippen molar-refractivity contribution < 1.29 is 4.79 Å². The Kier molecular flexibility index (Phi) is 4.80. The molecular weight excluding hydrogens is 150 g/mol. The number of nitrogens with zero attached hydrogens (tertiary/aromatic N) is 3. The van der Waals surface area contributed by atoms with E-state index in [-0.39, 0.29) is 5.12 Å². The normalized spacial score (nSPS) is 11.8. The van der Waals surface area contributed by atoms with Gasteiger partial charge in [-0.05, 0) is 12.0 Å². The average Bonchev–Trinajstić information content (AvgIpc) is 1.87. The Hall–Kier alpha value is -0.670. The van der Waals surface area contributed by atoms with E-state index in [0.717, 1.165) is 6.42 Å². The monoisotopic (exact) mass is 159 g/mol. The fourth-order valence-electron chi connectivity index (χ4n) is 0.566. The van der Waals surface area contributed by atoms with Crippen LogP contribution in [0.15, 0.2) is 5.11 Å². The van der Waals surface area contributed by atoms with Crippen LogP contribution in [0.2, 0.25) is 0 Å². The summed E-state index contributed by atoms with van der Waals surface area (Å²) in [7, 11) is 0. The Morgan fingerprint density at radius 2 is 2.50 bits per heavy atom. The molecule has 0 aliphatic heterocycles. The van der Waals surface area contributed by atoms with Gasteiger partial charge in [-0.2, -0.15) is 0 Å². The van der Waals surface area contributed by atoms with Crippen molar-refractivity contribution in [2.24, 2.45) is 5.11 Å². The van der Waals surface area contributed by atoms with Gasteiger partial charge in [-0.15, -0.1) is 12.6 Å². The van der Waals surface area contributed by atoms with Crippen LogP contribution in [-0.2, 0) is 4.79 Å². The van der Waals surface area contributed by atoms with Crippen LogP contribution in [0.5, 0.6) is 0 Å². The Morgan fingerprint density at radius 1 is 1.90 bits per heavy atom. The largest absolute Gasteiger partial charge is 0.287 e. The van der Waals surface area contributed by atoms with Gasteiger partial charge in [0.15, 0.2) is 5.12 Å². The van der Waals surface area contributed by atoms with E-state index in [0.29, 0.717) is 6.42 Å². The highest BCUT2D eigenvalue weighted by Crippen LogP contribution is 2.05. The van der Waals surface area contributed by atoms with Gasteiger partial charge in [0.1, 0.15) is 6.04 Å². The summed E-state index contributed by atoms with van der Waals surface area (Å²) < 4.78 is 0. The second-order valence-electron chi connectivity index (χ2n) is 1.85. The molecule has 0 fully saturated rings. The van der Waals surface area contributed by atoms with Gasteiger partial charge in [0.2, 0.25) is 0 Å². The average molecular weight is 159 g/mol. The molecule has 0 spiro atoms. The lowest BCUT2D eigenvalue weighted by Crippen LogP contribution is -2.11. The van der Waals surface area contributed by atoms with Crippen LogP contribution in [0.25, 0.3) is 10.4 Å². The first-order chi connectivity index (χ1) is 4.72. The van der Waals surface area contributed by atoms with Crippen LogP contribution in [0, 0.1) is 0 Å². The quantitative estimate of drug-likeness (QED) is 0.289. The molecule has 0 aliphatic carbocycles. The summed E-state index contributed by atoms with van der Waals surface area (Å²) in [4.78, 5) is 13.1. The molecule has 0 aromatic rings. The lowest BCUT2D eigenvalue weighted by molar-refractivity contribution is -0.112. The molecule has 1 unspecified atom stereocenters. The van der Waals surface area contributed by atoms with Gasteiger partial charge >= 0.3 is 0 Å². The predicted octanol–water partition coefficient (Wildman–Crippen LogP) is 1.92. The number of rotatable bonds is 4. The minimum absolute atomic E-state index is 0.361. The summed E-state index contributed by atoms with van der Waals surface area (Å²) >= 11 is 3.56. The maximum absolute atomic E-state index is 10.5. The predicted molar refractivity (Wildman–Crippen MR) is 41.8 cm³/mol. The van der Waals surface area contributed by atoms with Crippen molar-refractivity contribution in [2.75, 3.05) is 0 Å². The van der Waals surface area contributed by atoms with Crippen LogP contribution in [0.3, 0.4) is 0 Å². The summed E-state index contributed by atoms with van der Waals surface area (Å²) in [6.07, 6.45) is 1.39. The minimum Gasteiger partial charge on any atom is -0.287 e. The molecule has 56 valence electrons. The van der Waals surface area contributed by atoms with E-state index in [4.69, 9.17) is 5.53 Å². The molecule has 0 heterocycles. The molecule has 0 aliphatic rings. The molecule has 1 atom stereocenters. The first-order valence-corrected chi connectivity index (χ1v) is 3.44. The Morgan fingerprint density at radius 3 is 2.80 bits per heavy atom. The van der Waals surface area contributed by atoms with Gasteiger partial charge in [0.25, 0.3) is 0 Å². The van der Waals surface area contributed by atoms with Crippen molar-refractivity contribution in [3.8, 4) is 0 Å². The van der Waals surface area contributed by atoms with Gasteiger partial charge < -0.3 is 0 Å². The Bertz CT molecular complexity index is 162. The van der Waals surface area contributed by atoms with Crippen LogP contribution in [-0.4, -0.2) is 11.2 Å². The fraction of sp³-hybridized carbons (Fsp3) is 0.800. The lowest BCUT2D eigenvalue weighted by atomic mass is 10.2. The SMILES string of the molecule is CCCC(N=[N+]=[N-])C(=O)S. The second-order valence-corrected chi connectivity index (χ2v) is 2.29. The molecule has 0 rings (SSSR count). The first kappa shape index (κ1) is 9.33. The molecule has 0 radical (unpaired) electrons. The van der Waals surface area contributed by atoms with Crippen LogP contribution < -0.4 is 0 Å².